The number of hydrogen-bond acceptors (Lipinski definition) is 4. The van der Waals surface area contributed by atoms with Gasteiger partial charge in [0.2, 0.25) is 10.0 Å². The van der Waals surface area contributed by atoms with Crippen LogP contribution in [0.3, 0.4) is 0 Å². The highest BCUT2D eigenvalue weighted by Crippen LogP contribution is 2.25. The zero-order valence-corrected chi connectivity index (χ0v) is 17.5. The number of amides is 1. The molecule has 0 radical (unpaired) electrons. The molecule has 2 aromatic rings. The topological polar surface area (TPSA) is 70.6 Å². The summed E-state index contributed by atoms with van der Waals surface area (Å²) in [5, 5.41) is 0. The fourth-order valence-electron chi connectivity index (χ4n) is 2.76. The van der Waals surface area contributed by atoms with Crippen LogP contribution in [0.1, 0.15) is 40.9 Å². The van der Waals surface area contributed by atoms with E-state index in [1.165, 1.54) is 24.5 Å². The third-order valence-electron chi connectivity index (χ3n) is 4.59. The van der Waals surface area contributed by atoms with Crippen LogP contribution in [0.2, 0.25) is 0 Å². The van der Waals surface area contributed by atoms with Crippen molar-refractivity contribution in [2.24, 2.45) is 0 Å². The quantitative estimate of drug-likeness (QED) is 0.761. The van der Waals surface area contributed by atoms with E-state index >= 15 is 0 Å². The molecule has 7 heteroatoms. The van der Waals surface area contributed by atoms with Crippen LogP contribution < -0.4 is 0 Å². The zero-order chi connectivity index (χ0) is 20.4. The van der Waals surface area contributed by atoms with Gasteiger partial charge in [-0.15, -0.1) is 0 Å². The number of rotatable bonds is 6. The number of aryl methyl sites for hydroxylation is 1. The molecule has 1 heterocycles. The lowest BCUT2D eigenvalue weighted by molar-refractivity contribution is 0.0690. The third-order valence-corrected chi connectivity index (χ3v) is 6.53. The predicted octanol–water partition coefficient (Wildman–Crippen LogP) is 3.00. The average Bonchev–Trinajstić information content (AvgIpc) is 2.61. The summed E-state index contributed by atoms with van der Waals surface area (Å²) in [6.07, 6.45) is 3.41. The fourth-order valence-corrected chi connectivity index (χ4v) is 3.98. The van der Waals surface area contributed by atoms with Crippen molar-refractivity contribution in [3.05, 3.63) is 58.9 Å². The molecule has 0 atom stereocenters. The maximum Gasteiger partial charge on any atom is 0.254 e. The van der Waals surface area contributed by atoms with Gasteiger partial charge in [-0.1, -0.05) is 6.07 Å². The van der Waals surface area contributed by atoms with Crippen LogP contribution in [0.5, 0.6) is 0 Å². The molecule has 1 aromatic heterocycles. The minimum atomic E-state index is -3.64. The van der Waals surface area contributed by atoms with Crippen LogP contribution in [0, 0.1) is 13.8 Å². The lowest BCUT2D eigenvalue weighted by atomic mass is 10.0. The molecular formula is C20H27N3O3S. The molecule has 2 rings (SSSR count). The molecule has 0 aliphatic heterocycles. The first kappa shape index (κ1) is 21.1. The Bertz CT molecular complexity index is 923. The van der Waals surface area contributed by atoms with Gasteiger partial charge in [0, 0.05) is 44.6 Å². The first-order valence-corrected chi connectivity index (χ1v) is 10.2. The second-order valence-electron chi connectivity index (χ2n) is 7.09. The Morgan fingerprint density at radius 1 is 1.19 bits per heavy atom. The monoisotopic (exact) mass is 389 g/mol. The van der Waals surface area contributed by atoms with Gasteiger partial charge in [0.15, 0.2) is 0 Å². The Morgan fingerprint density at radius 2 is 1.85 bits per heavy atom. The number of pyridine rings is 1. The van der Waals surface area contributed by atoms with Gasteiger partial charge >= 0.3 is 0 Å². The number of carbonyl (C=O) groups is 1. The van der Waals surface area contributed by atoms with E-state index in [1.807, 2.05) is 32.9 Å². The van der Waals surface area contributed by atoms with Gasteiger partial charge in [-0.25, -0.2) is 12.7 Å². The van der Waals surface area contributed by atoms with Crippen LogP contribution in [-0.2, 0) is 16.6 Å². The number of nitrogens with zero attached hydrogens (tertiary/aromatic N) is 3. The second-order valence-corrected chi connectivity index (χ2v) is 9.21. The Hall–Kier alpha value is -2.25. The van der Waals surface area contributed by atoms with Crippen molar-refractivity contribution < 1.29 is 13.2 Å². The van der Waals surface area contributed by atoms with Crippen molar-refractivity contribution in [2.45, 2.75) is 45.2 Å². The van der Waals surface area contributed by atoms with Crippen LogP contribution >= 0.6 is 0 Å². The van der Waals surface area contributed by atoms with E-state index in [0.717, 1.165) is 11.1 Å². The van der Waals surface area contributed by atoms with Gasteiger partial charge in [-0.3, -0.25) is 9.78 Å². The highest BCUT2D eigenvalue weighted by molar-refractivity contribution is 7.89. The maximum atomic E-state index is 13.2. The largest absolute Gasteiger partial charge is 0.332 e. The summed E-state index contributed by atoms with van der Waals surface area (Å²) < 4.78 is 26.5. The Kier molecular flexibility index (Phi) is 6.38. The standard InChI is InChI=1S/C20H27N3O3S/c1-14(2)23(13-17-8-7-9-21-12-17)20(24)18-10-15(3)16(4)19(11-18)27(25,26)22(5)6/h7-12,14H,13H2,1-6H3. The first-order chi connectivity index (χ1) is 12.6. The van der Waals surface area contributed by atoms with E-state index in [-0.39, 0.29) is 16.8 Å². The highest BCUT2D eigenvalue weighted by atomic mass is 32.2. The maximum absolute atomic E-state index is 13.2. The number of carbonyl (C=O) groups excluding carboxylic acids is 1. The van der Waals surface area contributed by atoms with E-state index in [1.54, 1.807) is 30.3 Å². The molecule has 1 aromatic carbocycles. The number of sulfonamides is 1. The van der Waals surface area contributed by atoms with E-state index in [9.17, 15) is 13.2 Å². The molecular weight excluding hydrogens is 362 g/mol. The van der Waals surface area contributed by atoms with Crippen LogP contribution in [0.15, 0.2) is 41.6 Å². The van der Waals surface area contributed by atoms with Crippen molar-refractivity contribution >= 4 is 15.9 Å². The van der Waals surface area contributed by atoms with Gasteiger partial charge in [0.25, 0.3) is 5.91 Å². The molecule has 0 bridgehead atoms. The molecule has 1 amide bonds. The van der Waals surface area contributed by atoms with E-state index in [4.69, 9.17) is 0 Å². The van der Waals surface area contributed by atoms with Crippen molar-refractivity contribution in [1.29, 1.82) is 0 Å². The first-order valence-electron chi connectivity index (χ1n) is 8.79. The molecule has 27 heavy (non-hydrogen) atoms. The molecule has 146 valence electrons. The zero-order valence-electron chi connectivity index (χ0n) is 16.7. The third kappa shape index (κ3) is 4.54. The van der Waals surface area contributed by atoms with Crippen molar-refractivity contribution in [2.75, 3.05) is 14.1 Å². The van der Waals surface area contributed by atoms with Gasteiger partial charge in [-0.05, 0) is 62.6 Å². The van der Waals surface area contributed by atoms with Gasteiger partial charge in [0.1, 0.15) is 0 Å². The lowest BCUT2D eigenvalue weighted by Crippen LogP contribution is -2.36. The average molecular weight is 390 g/mol. The molecule has 0 unspecified atom stereocenters. The molecule has 0 fully saturated rings. The van der Waals surface area contributed by atoms with Crippen molar-refractivity contribution in [3.8, 4) is 0 Å². The smallest absolute Gasteiger partial charge is 0.254 e. The predicted molar refractivity (Wildman–Crippen MR) is 106 cm³/mol. The van der Waals surface area contributed by atoms with Gasteiger partial charge in [-0.2, -0.15) is 0 Å². The van der Waals surface area contributed by atoms with Gasteiger partial charge in [0.05, 0.1) is 4.90 Å². The Labute approximate surface area is 161 Å². The molecule has 0 aliphatic carbocycles. The molecule has 6 nitrogen and oxygen atoms in total. The summed E-state index contributed by atoms with van der Waals surface area (Å²) in [5.74, 6) is -0.202. The van der Waals surface area contributed by atoms with Crippen LogP contribution in [0.4, 0.5) is 0 Å². The van der Waals surface area contributed by atoms with Crippen molar-refractivity contribution in [3.63, 3.8) is 0 Å². The molecule has 0 N–H and O–H groups in total. The summed E-state index contributed by atoms with van der Waals surface area (Å²) in [6.45, 7) is 7.87. The number of aromatic nitrogens is 1. The number of benzene rings is 1. The Morgan fingerprint density at radius 3 is 2.37 bits per heavy atom. The number of hydrogen-bond donors (Lipinski definition) is 0. The molecule has 0 saturated carbocycles. The SMILES string of the molecule is Cc1cc(C(=O)N(Cc2cccnc2)C(C)C)cc(S(=O)(=O)N(C)C)c1C. The summed E-state index contributed by atoms with van der Waals surface area (Å²) in [6, 6.07) is 6.94. The summed E-state index contributed by atoms with van der Waals surface area (Å²) >= 11 is 0. The minimum absolute atomic E-state index is 0.0479. The fraction of sp³-hybridized carbons (Fsp3) is 0.400. The molecule has 0 aliphatic rings. The molecule has 0 saturated heterocycles. The second kappa shape index (κ2) is 8.19. The van der Waals surface area contributed by atoms with E-state index in [2.05, 4.69) is 4.98 Å². The lowest BCUT2D eigenvalue weighted by Gasteiger charge is -2.27. The van der Waals surface area contributed by atoms with Crippen LogP contribution in [-0.4, -0.2) is 48.7 Å². The van der Waals surface area contributed by atoms with Crippen LogP contribution in [0.25, 0.3) is 0 Å². The summed E-state index contributed by atoms with van der Waals surface area (Å²) in [4.78, 5) is 19.2. The van der Waals surface area contributed by atoms with E-state index in [0.29, 0.717) is 17.7 Å². The van der Waals surface area contributed by atoms with Gasteiger partial charge < -0.3 is 4.90 Å². The minimum Gasteiger partial charge on any atom is -0.332 e. The summed E-state index contributed by atoms with van der Waals surface area (Å²) in [5.41, 5.74) is 2.72. The highest BCUT2D eigenvalue weighted by Gasteiger charge is 2.25. The Balaban J connectivity index is 2.49. The van der Waals surface area contributed by atoms with Crippen molar-refractivity contribution in [1.82, 2.24) is 14.2 Å². The summed E-state index contributed by atoms with van der Waals surface area (Å²) in [7, 11) is -0.663. The van der Waals surface area contributed by atoms with E-state index < -0.39 is 10.0 Å². The normalized spacial score (nSPS) is 11.9. The molecule has 0 spiro atoms.